The molecule has 0 amide bonds. The van der Waals surface area contributed by atoms with Crippen molar-refractivity contribution in [1.29, 1.82) is 0 Å². The Morgan fingerprint density at radius 3 is 2.80 bits per heavy atom. The zero-order valence-electron chi connectivity index (χ0n) is 12.4. The van der Waals surface area contributed by atoms with Crippen LogP contribution >= 0.6 is 11.3 Å². The first-order valence-electron chi connectivity index (χ1n) is 7.17. The highest BCUT2D eigenvalue weighted by molar-refractivity contribution is 7.19. The van der Waals surface area contributed by atoms with Gasteiger partial charge in [0.2, 0.25) is 0 Å². The van der Waals surface area contributed by atoms with Gasteiger partial charge in [-0.25, -0.2) is 4.39 Å². The molecule has 0 aliphatic rings. The van der Waals surface area contributed by atoms with Crippen LogP contribution in [0.25, 0.3) is 10.1 Å². The van der Waals surface area contributed by atoms with E-state index in [2.05, 4.69) is 25.8 Å². The Balaban J connectivity index is 2.37. The summed E-state index contributed by atoms with van der Waals surface area (Å²) in [6, 6.07) is 5.77. The molecule has 1 unspecified atom stereocenters. The number of thiophene rings is 1. The van der Waals surface area contributed by atoms with Gasteiger partial charge in [0.05, 0.1) is 0 Å². The highest BCUT2D eigenvalue weighted by Crippen LogP contribution is 2.34. The number of benzene rings is 1. The van der Waals surface area contributed by atoms with Crippen LogP contribution in [-0.4, -0.2) is 18.0 Å². The van der Waals surface area contributed by atoms with Gasteiger partial charge in [-0.1, -0.05) is 19.4 Å². The van der Waals surface area contributed by atoms with Gasteiger partial charge in [0, 0.05) is 34.1 Å². The minimum Gasteiger partial charge on any atom is -0.326 e. The number of halogens is 1. The second kappa shape index (κ2) is 6.66. The SMILES string of the molecule is CCCC(C)N(C)Cc1c(CN)sc2cccc(F)c12. The first-order valence-corrected chi connectivity index (χ1v) is 7.99. The summed E-state index contributed by atoms with van der Waals surface area (Å²) in [6.45, 7) is 5.64. The van der Waals surface area contributed by atoms with Gasteiger partial charge in [-0.05, 0) is 38.1 Å². The lowest BCUT2D eigenvalue weighted by Crippen LogP contribution is -2.28. The summed E-state index contributed by atoms with van der Waals surface area (Å²) in [5.41, 5.74) is 6.91. The zero-order valence-corrected chi connectivity index (χ0v) is 13.3. The minimum atomic E-state index is -0.134. The first kappa shape index (κ1) is 15.4. The van der Waals surface area contributed by atoms with Crippen LogP contribution in [-0.2, 0) is 13.1 Å². The maximum Gasteiger partial charge on any atom is 0.132 e. The minimum absolute atomic E-state index is 0.134. The average molecular weight is 294 g/mol. The van der Waals surface area contributed by atoms with Crippen molar-refractivity contribution in [2.45, 2.75) is 45.8 Å². The van der Waals surface area contributed by atoms with Gasteiger partial charge in [-0.3, -0.25) is 4.90 Å². The summed E-state index contributed by atoms with van der Waals surface area (Å²) < 4.78 is 15.1. The molecule has 0 radical (unpaired) electrons. The van der Waals surface area contributed by atoms with Crippen LogP contribution in [0.3, 0.4) is 0 Å². The van der Waals surface area contributed by atoms with Gasteiger partial charge in [-0.2, -0.15) is 0 Å². The third-order valence-corrected chi connectivity index (χ3v) is 5.12. The lowest BCUT2D eigenvalue weighted by atomic mass is 10.1. The van der Waals surface area contributed by atoms with E-state index >= 15 is 0 Å². The quantitative estimate of drug-likeness (QED) is 0.868. The van der Waals surface area contributed by atoms with Crippen molar-refractivity contribution < 1.29 is 4.39 Å². The predicted molar refractivity (Wildman–Crippen MR) is 85.5 cm³/mol. The van der Waals surface area contributed by atoms with Crippen LogP contribution < -0.4 is 5.73 Å². The van der Waals surface area contributed by atoms with E-state index in [-0.39, 0.29) is 5.82 Å². The summed E-state index contributed by atoms with van der Waals surface area (Å²) in [4.78, 5) is 3.39. The molecule has 0 bridgehead atoms. The first-order chi connectivity index (χ1) is 9.58. The predicted octanol–water partition coefficient (Wildman–Crippen LogP) is 4.12. The number of hydrogen-bond donors (Lipinski definition) is 1. The molecule has 0 spiro atoms. The van der Waals surface area contributed by atoms with Crippen LogP contribution in [0.5, 0.6) is 0 Å². The van der Waals surface area contributed by atoms with Crippen LogP contribution in [0, 0.1) is 5.82 Å². The number of fused-ring (bicyclic) bond motifs is 1. The molecule has 0 fully saturated rings. The normalized spacial score (nSPS) is 13.3. The van der Waals surface area contributed by atoms with Crippen molar-refractivity contribution >= 4 is 21.4 Å². The summed E-state index contributed by atoms with van der Waals surface area (Å²) in [5.74, 6) is -0.134. The molecule has 1 aromatic carbocycles. The summed E-state index contributed by atoms with van der Waals surface area (Å²) in [6.07, 6.45) is 2.31. The fourth-order valence-electron chi connectivity index (χ4n) is 2.59. The van der Waals surface area contributed by atoms with E-state index in [0.717, 1.165) is 39.9 Å². The maximum atomic E-state index is 14.1. The lowest BCUT2D eigenvalue weighted by Gasteiger charge is -2.24. The molecule has 110 valence electrons. The fourth-order valence-corrected chi connectivity index (χ4v) is 3.70. The van der Waals surface area contributed by atoms with Crippen LogP contribution in [0.15, 0.2) is 18.2 Å². The Morgan fingerprint density at radius 2 is 2.15 bits per heavy atom. The number of nitrogens with zero attached hydrogens (tertiary/aromatic N) is 1. The van der Waals surface area contributed by atoms with E-state index in [1.54, 1.807) is 17.4 Å². The van der Waals surface area contributed by atoms with Crippen molar-refractivity contribution in [3.63, 3.8) is 0 Å². The lowest BCUT2D eigenvalue weighted by molar-refractivity contribution is 0.237. The number of hydrogen-bond acceptors (Lipinski definition) is 3. The van der Waals surface area contributed by atoms with Gasteiger partial charge in [0.1, 0.15) is 5.82 Å². The smallest absolute Gasteiger partial charge is 0.132 e. The summed E-state index contributed by atoms with van der Waals surface area (Å²) in [7, 11) is 2.10. The fraction of sp³-hybridized carbons (Fsp3) is 0.500. The Bertz CT molecular complexity index is 579. The molecule has 1 atom stereocenters. The molecule has 0 aliphatic heterocycles. The second-order valence-corrected chi connectivity index (χ2v) is 6.51. The van der Waals surface area contributed by atoms with E-state index in [4.69, 9.17) is 5.73 Å². The van der Waals surface area contributed by atoms with E-state index in [1.165, 1.54) is 6.07 Å². The molecule has 1 aromatic heterocycles. The standard InChI is InChI=1S/C16H23FN2S/c1-4-6-11(2)19(3)10-12-15(9-18)20-14-8-5-7-13(17)16(12)14/h5,7-8,11H,4,6,9-10,18H2,1-3H3. The molecule has 1 heterocycles. The largest absolute Gasteiger partial charge is 0.326 e. The van der Waals surface area contributed by atoms with Gasteiger partial charge in [-0.15, -0.1) is 11.3 Å². The number of rotatable bonds is 6. The third-order valence-electron chi connectivity index (χ3n) is 3.90. The monoisotopic (exact) mass is 294 g/mol. The van der Waals surface area contributed by atoms with Crippen LogP contribution in [0.1, 0.15) is 37.1 Å². The van der Waals surface area contributed by atoms with Gasteiger partial charge in [0.15, 0.2) is 0 Å². The maximum absolute atomic E-state index is 14.1. The van der Waals surface area contributed by atoms with Crippen LogP contribution in [0.4, 0.5) is 4.39 Å². The van der Waals surface area contributed by atoms with Gasteiger partial charge >= 0.3 is 0 Å². The highest BCUT2D eigenvalue weighted by atomic mass is 32.1. The molecule has 2 nitrogen and oxygen atoms in total. The Hall–Kier alpha value is -0.970. The second-order valence-electron chi connectivity index (χ2n) is 5.37. The van der Waals surface area contributed by atoms with E-state index in [0.29, 0.717) is 12.6 Å². The van der Waals surface area contributed by atoms with Gasteiger partial charge < -0.3 is 5.73 Å². The molecule has 4 heteroatoms. The van der Waals surface area contributed by atoms with Crippen molar-refractivity contribution in [3.8, 4) is 0 Å². The van der Waals surface area contributed by atoms with Crippen molar-refractivity contribution in [2.75, 3.05) is 7.05 Å². The molecule has 2 aromatic rings. The summed E-state index contributed by atoms with van der Waals surface area (Å²) in [5, 5.41) is 0.758. The number of nitrogens with two attached hydrogens (primary N) is 1. The molecular weight excluding hydrogens is 271 g/mol. The zero-order chi connectivity index (χ0) is 14.7. The van der Waals surface area contributed by atoms with Gasteiger partial charge in [0.25, 0.3) is 0 Å². The van der Waals surface area contributed by atoms with Crippen molar-refractivity contribution in [1.82, 2.24) is 4.90 Å². The molecular formula is C16H23FN2S. The molecule has 2 rings (SSSR count). The topological polar surface area (TPSA) is 29.3 Å². The Morgan fingerprint density at radius 1 is 1.40 bits per heavy atom. The molecule has 0 aliphatic carbocycles. The van der Waals surface area contributed by atoms with Crippen LogP contribution in [0.2, 0.25) is 0 Å². The molecule has 20 heavy (non-hydrogen) atoms. The average Bonchev–Trinajstić information content (AvgIpc) is 2.78. The van der Waals surface area contributed by atoms with Crippen molar-refractivity contribution in [3.05, 3.63) is 34.5 Å². The van der Waals surface area contributed by atoms with E-state index < -0.39 is 0 Å². The van der Waals surface area contributed by atoms with Crippen molar-refractivity contribution in [2.24, 2.45) is 5.73 Å². The van der Waals surface area contributed by atoms with E-state index in [1.807, 2.05) is 6.07 Å². The van der Waals surface area contributed by atoms with E-state index in [9.17, 15) is 4.39 Å². The Labute approximate surface area is 124 Å². The Kier molecular flexibility index (Phi) is 5.13. The molecule has 0 saturated carbocycles. The third kappa shape index (κ3) is 3.03. The molecule has 0 saturated heterocycles. The molecule has 2 N–H and O–H groups in total. The highest BCUT2D eigenvalue weighted by Gasteiger charge is 2.18. The summed E-state index contributed by atoms with van der Waals surface area (Å²) >= 11 is 1.61.